The topological polar surface area (TPSA) is 51.2 Å². The second kappa shape index (κ2) is 7.92. The molecule has 1 heterocycles. The third kappa shape index (κ3) is 4.43. The summed E-state index contributed by atoms with van der Waals surface area (Å²) in [6.07, 6.45) is 1.71. The molecule has 0 radical (unpaired) electrons. The molecule has 4 nitrogen and oxygen atoms in total. The molecule has 0 aliphatic carbocycles. The number of hydrogen-bond donors (Lipinski definition) is 1. The van der Waals surface area contributed by atoms with Crippen LogP contribution in [0.15, 0.2) is 79.0 Å². The van der Waals surface area contributed by atoms with Crippen LogP contribution in [0.1, 0.15) is 21.6 Å². The van der Waals surface area contributed by atoms with Crippen molar-refractivity contribution in [2.45, 2.75) is 13.2 Å². The van der Waals surface area contributed by atoms with Gasteiger partial charge in [0.05, 0.1) is 12.2 Å². The number of amides is 1. The predicted molar refractivity (Wildman–Crippen MR) is 92.6 cm³/mol. The van der Waals surface area contributed by atoms with Crippen LogP contribution >= 0.6 is 0 Å². The third-order valence-electron chi connectivity index (χ3n) is 3.50. The largest absolute Gasteiger partial charge is 0.489 e. The molecule has 24 heavy (non-hydrogen) atoms. The van der Waals surface area contributed by atoms with Crippen LogP contribution in [0.4, 0.5) is 0 Å². The van der Waals surface area contributed by atoms with E-state index >= 15 is 0 Å². The lowest BCUT2D eigenvalue weighted by molar-refractivity contribution is 0.0950. The van der Waals surface area contributed by atoms with Crippen molar-refractivity contribution in [3.8, 4) is 5.75 Å². The van der Waals surface area contributed by atoms with Crippen molar-refractivity contribution in [1.29, 1.82) is 0 Å². The first-order chi connectivity index (χ1) is 11.8. The van der Waals surface area contributed by atoms with Crippen LogP contribution in [0.2, 0.25) is 0 Å². The summed E-state index contributed by atoms with van der Waals surface area (Å²) < 4.78 is 5.75. The van der Waals surface area contributed by atoms with Crippen LogP contribution in [-0.2, 0) is 13.2 Å². The molecule has 2 aromatic carbocycles. The highest BCUT2D eigenvalue weighted by Gasteiger charge is 2.07. The van der Waals surface area contributed by atoms with Gasteiger partial charge in [0.15, 0.2) is 0 Å². The van der Waals surface area contributed by atoms with Gasteiger partial charge in [-0.05, 0) is 35.9 Å². The van der Waals surface area contributed by atoms with Gasteiger partial charge in [-0.3, -0.25) is 9.78 Å². The fourth-order valence-corrected chi connectivity index (χ4v) is 2.24. The molecular weight excluding hydrogens is 300 g/mol. The van der Waals surface area contributed by atoms with Gasteiger partial charge < -0.3 is 10.1 Å². The number of pyridine rings is 1. The monoisotopic (exact) mass is 318 g/mol. The molecule has 3 aromatic rings. The summed E-state index contributed by atoms with van der Waals surface area (Å²) in [5, 5.41) is 2.86. The lowest BCUT2D eigenvalue weighted by Gasteiger charge is -2.09. The van der Waals surface area contributed by atoms with E-state index in [1.54, 1.807) is 18.3 Å². The Kier molecular flexibility index (Phi) is 5.20. The van der Waals surface area contributed by atoms with E-state index < -0.39 is 0 Å². The van der Waals surface area contributed by atoms with Crippen LogP contribution < -0.4 is 10.1 Å². The number of ether oxygens (including phenoxy) is 1. The zero-order valence-electron chi connectivity index (χ0n) is 13.2. The van der Waals surface area contributed by atoms with Crippen LogP contribution in [0.3, 0.4) is 0 Å². The first-order valence-corrected chi connectivity index (χ1v) is 7.76. The summed E-state index contributed by atoms with van der Waals surface area (Å²) in [5.41, 5.74) is 2.47. The molecule has 1 amide bonds. The molecule has 0 saturated carbocycles. The first-order valence-electron chi connectivity index (χ1n) is 7.76. The van der Waals surface area contributed by atoms with Crippen molar-refractivity contribution in [3.05, 3.63) is 95.8 Å². The van der Waals surface area contributed by atoms with Gasteiger partial charge in [-0.15, -0.1) is 0 Å². The number of aromatic nitrogens is 1. The normalized spacial score (nSPS) is 10.2. The average molecular weight is 318 g/mol. The minimum absolute atomic E-state index is 0.147. The maximum atomic E-state index is 12.3. The van der Waals surface area contributed by atoms with Crippen LogP contribution in [0, 0.1) is 0 Å². The van der Waals surface area contributed by atoms with E-state index in [4.69, 9.17) is 4.74 Å². The quantitative estimate of drug-likeness (QED) is 0.755. The highest BCUT2D eigenvalue weighted by molar-refractivity contribution is 5.94. The molecular formula is C20H18N2O2. The molecule has 0 fully saturated rings. The molecule has 120 valence electrons. The van der Waals surface area contributed by atoms with Crippen molar-refractivity contribution in [2.24, 2.45) is 0 Å². The Morgan fingerprint density at radius 1 is 0.958 bits per heavy atom. The van der Waals surface area contributed by atoms with Crippen molar-refractivity contribution >= 4 is 5.91 Å². The Balaban J connectivity index is 1.59. The van der Waals surface area contributed by atoms with Crippen molar-refractivity contribution in [3.63, 3.8) is 0 Å². The molecule has 0 saturated heterocycles. The van der Waals surface area contributed by atoms with Crippen LogP contribution in [0.25, 0.3) is 0 Å². The van der Waals surface area contributed by atoms with Gasteiger partial charge in [0.1, 0.15) is 12.4 Å². The van der Waals surface area contributed by atoms with Gasteiger partial charge in [-0.25, -0.2) is 0 Å². The SMILES string of the molecule is O=C(NCc1ccccn1)c1cccc(OCc2ccccc2)c1. The Morgan fingerprint density at radius 2 is 1.79 bits per heavy atom. The van der Waals surface area contributed by atoms with Crippen molar-refractivity contribution < 1.29 is 9.53 Å². The minimum atomic E-state index is -0.147. The number of nitrogens with zero attached hydrogens (tertiary/aromatic N) is 1. The molecule has 0 bridgehead atoms. The second-order valence-corrected chi connectivity index (χ2v) is 5.31. The van der Waals surface area contributed by atoms with E-state index in [2.05, 4.69) is 10.3 Å². The highest BCUT2D eigenvalue weighted by atomic mass is 16.5. The fraction of sp³-hybridized carbons (Fsp3) is 0.100. The van der Waals surface area contributed by atoms with Crippen LogP contribution in [0.5, 0.6) is 5.75 Å². The van der Waals surface area contributed by atoms with Crippen molar-refractivity contribution in [1.82, 2.24) is 10.3 Å². The smallest absolute Gasteiger partial charge is 0.251 e. The summed E-state index contributed by atoms with van der Waals surface area (Å²) in [4.78, 5) is 16.4. The predicted octanol–water partition coefficient (Wildman–Crippen LogP) is 3.59. The van der Waals surface area contributed by atoms with Gasteiger partial charge in [0.2, 0.25) is 0 Å². The number of carbonyl (C=O) groups excluding carboxylic acids is 1. The average Bonchev–Trinajstić information content (AvgIpc) is 2.66. The third-order valence-corrected chi connectivity index (χ3v) is 3.50. The Morgan fingerprint density at radius 3 is 2.58 bits per heavy atom. The molecule has 0 aliphatic rings. The van der Waals surface area contributed by atoms with Crippen LogP contribution in [-0.4, -0.2) is 10.9 Å². The Hall–Kier alpha value is -3.14. The first kappa shape index (κ1) is 15.7. The number of benzene rings is 2. The van der Waals surface area contributed by atoms with Crippen molar-refractivity contribution in [2.75, 3.05) is 0 Å². The number of hydrogen-bond acceptors (Lipinski definition) is 3. The molecule has 0 unspecified atom stereocenters. The van der Waals surface area contributed by atoms with E-state index in [9.17, 15) is 4.79 Å². The molecule has 0 spiro atoms. The standard InChI is InChI=1S/C20H18N2O2/c23-20(22-14-18-10-4-5-12-21-18)17-9-6-11-19(13-17)24-15-16-7-2-1-3-8-16/h1-13H,14-15H2,(H,22,23). The zero-order chi connectivity index (χ0) is 16.6. The summed E-state index contributed by atoms with van der Waals surface area (Å²) in [6.45, 7) is 0.870. The van der Waals surface area contributed by atoms with E-state index in [-0.39, 0.29) is 5.91 Å². The maximum Gasteiger partial charge on any atom is 0.251 e. The number of nitrogens with one attached hydrogen (secondary N) is 1. The number of carbonyl (C=O) groups is 1. The minimum Gasteiger partial charge on any atom is -0.489 e. The fourth-order valence-electron chi connectivity index (χ4n) is 2.24. The second-order valence-electron chi connectivity index (χ2n) is 5.31. The van der Waals surface area contributed by atoms with Gasteiger partial charge in [0, 0.05) is 11.8 Å². The Bertz CT molecular complexity index is 789. The molecule has 1 aromatic heterocycles. The van der Waals surface area contributed by atoms with E-state index in [0.29, 0.717) is 24.5 Å². The van der Waals surface area contributed by atoms with E-state index in [0.717, 1.165) is 11.3 Å². The maximum absolute atomic E-state index is 12.3. The molecule has 1 N–H and O–H groups in total. The van der Waals surface area contributed by atoms with E-state index in [1.165, 1.54) is 0 Å². The summed E-state index contributed by atoms with van der Waals surface area (Å²) in [6, 6.07) is 22.7. The molecule has 3 rings (SSSR count). The summed E-state index contributed by atoms with van der Waals surface area (Å²) >= 11 is 0. The zero-order valence-corrected chi connectivity index (χ0v) is 13.2. The Labute approximate surface area is 141 Å². The lowest BCUT2D eigenvalue weighted by atomic mass is 10.2. The lowest BCUT2D eigenvalue weighted by Crippen LogP contribution is -2.23. The van der Waals surface area contributed by atoms with Gasteiger partial charge in [-0.2, -0.15) is 0 Å². The molecule has 4 heteroatoms. The van der Waals surface area contributed by atoms with Gasteiger partial charge in [0.25, 0.3) is 5.91 Å². The summed E-state index contributed by atoms with van der Waals surface area (Å²) in [5.74, 6) is 0.523. The summed E-state index contributed by atoms with van der Waals surface area (Å²) in [7, 11) is 0. The van der Waals surface area contributed by atoms with Gasteiger partial charge >= 0.3 is 0 Å². The highest BCUT2D eigenvalue weighted by Crippen LogP contribution is 2.15. The van der Waals surface area contributed by atoms with Gasteiger partial charge in [-0.1, -0.05) is 42.5 Å². The van der Waals surface area contributed by atoms with E-state index in [1.807, 2.05) is 60.7 Å². The molecule has 0 atom stereocenters. The number of rotatable bonds is 6. The molecule has 0 aliphatic heterocycles.